The number of hydrogen-bond acceptors (Lipinski definition) is 9. The molecule has 10 heteroatoms. The maximum atomic E-state index is 12.2. The molecule has 0 saturated heterocycles. The van der Waals surface area contributed by atoms with Crippen LogP contribution in [0, 0.1) is 0 Å². The second-order valence-corrected chi connectivity index (χ2v) is 9.43. The van der Waals surface area contributed by atoms with Crippen molar-refractivity contribution < 1.29 is 4.79 Å². The van der Waals surface area contributed by atoms with Gasteiger partial charge in [0.1, 0.15) is 0 Å². The van der Waals surface area contributed by atoms with E-state index < -0.39 is 0 Å². The molecule has 0 aromatic carbocycles. The molecule has 0 radical (unpaired) electrons. The molecule has 0 rings (SSSR count). The molecule has 0 unspecified atom stereocenters. The molecule has 34 heavy (non-hydrogen) atoms. The molecule has 0 saturated carbocycles. The highest BCUT2D eigenvalue weighted by Gasteiger charge is 2.11. The Bertz CT molecular complexity index is 446. The van der Waals surface area contributed by atoms with Gasteiger partial charge in [-0.1, -0.05) is 0 Å². The summed E-state index contributed by atoms with van der Waals surface area (Å²) in [6, 6.07) is 0. The Balaban J connectivity index is 4.71. The lowest BCUT2D eigenvalue weighted by molar-refractivity contribution is -0.122. The van der Waals surface area contributed by atoms with Gasteiger partial charge in [0, 0.05) is 13.1 Å². The van der Waals surface area contributed by atoms with Gasteiger partial charge in [-0.3, -0.25) is 9.69 Å². The van der Waals surface area contributed by atoms with Crippen molar-refractivity contribution in [1.29, 1.82) is 0 Å². The summed E-state index contributed by atoms with van der Waals surface area (Å²) in [6.07, 6.45) is 7.37. The van der Waals surface area contributed by atoms with Crippen LogP contribution >= 0.6 is 0 Å². The first-order valence-electron chi connectivity index (χ1n) is 13.4. The minimum absolute atomic E-state index is 0.0638. The van der Waals surface area contributed by atoms with E-state index in [-0.39, 0.29) is 5.91 Å². The van der Waals surface area contributed by atoms with Crippen LogP contribution in [-0.2, 0) is 4.79 Å². The van der Waals surface area contributed by atoms with Crippen LogP contribution in [0.25, 0.3) is 0 Å². The number of carbonyl (C=O) groups excluding carboxylic acids is 1. The quantitative estimate of drug-likeness (QED) is 0.0816. The zero-order chi connectivity index (χ0) is 25.4. The molecule has 0 spiro atoms. The third kappa shape index (κ3) is 20.5. The zero-order valence-electron chi connectivity index (χ0n) is 22.4. The first-order valence-corrected chi connectivity index (χ1v) is 13.4. The Morgan fingerprint density at radius 3 is 1.35 bits per heavy atom. The number of nitrogens with zero attached hydrogens (tertiary/aromatic N) is 4. The van der Waals surface area contributed by atoms with Crippen molar-refractivity contribution in [2.24, 2.45) is 22.9 Å². The number of amides is 1. The minimum Gasteiger partial charge on any atom is -0.342 e. The normalized spacial score (nSPS) is 11.9. The summed E-state index contributed by atoms with van der Waals surface area (Å²) in [4.78, 5) is 21.4. The smallest absolute Gasteiger partial charge is 0.235 e. The number of nitrogens with two attached hydrogens (primary N) is 4. The third-order valence-corrected chi connectivity index (χ3v) is 5.82. The second-order valence-electron chi connectivity index (χ2n) is 9.43. The van der Waals surface area contributed by atoms with Crippen molar-refractivity contribution in [3.63, 3.8) is 0 Å². The SMILES string of the molecule is CN(C)CC(=O)NCN(CCCN(CCCN)CCCN)CCCN(CCCN)CCCCN. The van der Waals surface area contributed by atoms with Crippen molar-refractivity contribution in [1.82, 2.24) is 24.9 Å². The molecule has 0 bridgehead atoms. The Kier molecular flexibility index (Phi) is 23.3. The zero-order valence-corrected chi connectivity index (χ0v) is 22.4. The Labute approximate surface area is 209 Å². The van der Waals surface area contributed by atoms with Gasteiger partial charge in [-0.2, -0.15) is 0 Å². The number of unbranched alkanes of at least 4 members (excludes halogenated alkanes) is 1. The van der Waals surface area contributed by atoms with Crippen LogP contribution in [0.5, 0.6) is 0 Å². The molecule has 0 atom stereocenters. The summed E-state index contributed by atoms with van der Waals surface area (Å²) in [7, 11) is 3.82. The molecule has 0 aliphatic carbocycles. The van der Waals surface area contributed by atoms with Gasteiger partial charge in [0.25, 0.3) is 0 Å². The van der Waals surface area contributed by atoms with Gasteiger partial charge < -0.3 is 43.0 Å². The van der Waals surface area contributed by atoms with Gasteiger partial charge in [0.15, 0.2) is 0 Å². The van der Waals surface area contributed by atoms with Gasteiger partial charge in [0.05, 0.1) is 13.2 Å². The van der Waals surface area contributed by atoms with Crippen molar-refractivity contribution >= 4 is 5.91 Å². The van der Waals surface area contributed by atoms with E-state index in [4.69, 9.17) is 22.9 Å². The van der Waals surface area contributed by atoms with Crippen molar-refractivity contribution in [2.45, 2.75) is 44.9 Å². The van der Waals surface area contributed by atoms with Crippen LogP contribution in [0.15, 0.2) is 0 Å². The van der Waals surface area contributed by atoms with Crippen molar-refractivity contribution in [3.8, 4) is 0 Å². The molecule has 0 aromatic heterocycles. The van der Waals surface area contributed by atoms with E-state index in [0.717, 1.165) is 123 Å². The van der Waals surface area contributed by atoms with Crippen LogP contribution in [0.1, 0.15) is 44.9 Å². The summed E-state index contributed by atoms with van der Waals surface area (Å²) in [5, 5.41) is 3.09. The summed E-state index contributed by atoms with van der Waals surface area (Å²) in [6.45, 7) is 12.1. The van der Waals surface area contributed by atoms with Crippen LogP contribution in [0.4, 0.5) is 0 Å². The maximum Gasteiger partial charge on any atom is 0.235 e. The average Bonchev–Trinajstić information content (AvgIpc) is 2.81. The molecular weight excluding hydrogens is 430 g/mol. The maximum absolute atomic E-state index is 12.2. The van der Waals surface area contributed by atoms with Crippen molar-refractivity contribution in [3.05, 3.63) is 0 Å². The number of nitrogens with one attached hydrogen (secondary N) is 1. The summed E-state index contributed by atoms with van der Waals surface area (Å²) >= 11 is 0. The molecule has 9 N–H and O–H groups in total. The Morgan fingerprint density at radius 1 is 0.559 bits per heavy atom. The van der Waals surface area contributed by atoms with Crippen LogP contribution in [0.3, 0.4) is 0 Å². The van der Waals surface area contributed by atoms with Crippen LogP contribution in [0.2, 0.25) is 0 Å². The minimum atomic E-state index is 0.0638. The summed E-state index contributed by atoms with van der Waals surface area (Å²) in [5.41, 5.74) is 22.8. The van der Waals surface area contributed by atoms with Gasteiger partial charge in [-0.15, -0.1) is 0 Å². The molecule has 204 valence electrons. The van der Waals surface area contributed by atoms with E-state index >= 15 is 0 Å². The van der Waals surface area contributed by atoms with E-state index in [2.05, 4.69) is 20.0 Å². The number of rotatable bonds is 25. The molecule has 0 aromatic rings. The molecule has 1 amide bonds. The fourth-order valence-electron chi connectivity index (χ4n) is 3.94. The number of hydrogen-bond donors (Lipinski definition) is 5. The molecule has 0 heterocycles. The van der Waals surface area contributed by atoms with E-state index in [0.29, 0.717) is 13.2 Å². The van der Waals surface area contributed by atoms with Crippen LogP contribution in [-0.4, -0.2) is 131 Å². The predicted octanol–water partition coefficient (Wildman–Crippen LogP) is -0.907. The van der Waals surface area contributed by atoms with E-state index in [1.54, 1.807) is 0 Å². The standard InChI is InChI=1S/C24H57N9O/c1-30(2)22-24(34)29-23-33(21-9-19-32(16-6-12-27)17-7-13-28)20-8-18-31(15-5-11-26)14-4-3-10-25/h3-23,25-28H2,1-2H3,(H,29,34). The van der Waals surface area contributed by atoms with E-state index in [1.807, 2.05) is 19.0 Å². The molecular formula is C24H57N9O. The monoisotopic (exact) mass is 487 g/mol. The fraction of sp³-hybridized carbons (Fsp3) is 0.958. The topological polar surface area (TPSA) is 146 Å². The summed E-state index contributed by atoms with van der Waals surface area (Å²) < 4.78 is 0. The van der Waals surface area contributed by atoms with Gasteiger partial charge in [-0.25, -0.2) is 0 Å². The lowest BCUT2D eigenvalue weighted by Crippen LogP contribution is -2.43. The Morgan fingerprint density at radius 2 is 0.941 bits per heavy atom. The van der Waals surface area contributed by atoms with Gasteiger partial charge in [-0.05, 0) is 124 Å². The number of carbonyl (C=O) groups is 1. The fourth-order valence-corrected chi connectivity index (χ4v) is 3.94. The predicted molar refractivity (Wildman–Crippen MR) is 145 cm³/mol. The van der Waals surface area contributed by atoms with E-state index in [9.17, 15) is 4.79 Å². The van der Waals surface area contributed by atoms with E-state index in [1.165, 1.54) is 0 Å². The van der Waals surface area contributed by atoms with Gasteiger partial charge in [0.2, 0.25) is 5.91 Å². The lowest BCUT2D eigenvalue weighted by Gasteiger charge is -2.28. The molecule has 0 aliphatic heterocycles. The average molecular weight is 488 g/mol. The largest absolute Gasteiger partial charge is 0.342 e. The van der Waals surface area contributed by atoms with Gasteiger partial charge >= 0.3 is 0 Å². The molecule has 0 aliphatic rings. The lowest BCUT2D eigenvalue weighted by atomic mass is 10.2. The first kappa shape index (κ1) is 33.1. The number of likely N-dealkylation sites (N-methyl/N-ethyl adjacent to an activating group) is 1. The summed E-state index contributed by atoms with van der Waals surface area (Å²) in [5.74, 6) is 0.0638. The van der Waals surface area contributed by atoms with Crippen LogP contribution < -0.4 is 28.3 Å². The molecule has 10 nitrogen and oxygen atoms in total. The highest BCUT2D eigenvalue weighted by atomic mass is 16.2. The first-order chi connectivity index (χ1) is 16.5. The highest BCUT2D eigenvalue weighted by Crippen LogP contribution is 2.02. The Hall–Kier alpha value is -0.850. The molecule has 0 fully saturated rings. The second kappa shape index (κ2) is 23.9. The third-order valence-electron chi connectivity index (χ3n) is 5.82. The van der Waals surface area contributed by atoms with Crippen molar-refractivity contribution in [2.75, 3.05) is 106 Å². The highest BCUT2D eigenvalue weighted by molar-refractivity contribution is 5.77.